The molecule has 1 aliphatic carbocycles. The normalized spacial score (nSPS) is 19.4. The third kappa shape index (κ3) is 4.08. The molecule has 1 saturated carbocycles. The summed E-state index contributed by atoms with van der Waals surface area (Å²) in [7, 11) is -0.889. The van der Waals surface area contributed by atoms with Crippen molar-refractivity contribution in [2.24, 2.45) is 5.92 Å². The zero-order valence-electron chi connectivity index (χ0n) is 11.6. The van der Waals surface area contributed by atoms with Gasteiger partial charge in [0.25, 0.3) is 0 Å². The van der Waals surface area contributed by atoms with Crippen LogP contribution in [0.25, 0.3) is 0 Å². The van der Waals surface area contributed by atoms with Crippen molar-refractivity contribution >= 4 is 8.07 Å². The lowest BCUT2D eigenvalue weighted by atomic mass is 9.89. The van der Waals surface area contributed by atoms with E-state index < -0.39 is 8.07 Å². The third-order valence-electron chi connectivity index (χ3n) is 4.86. The summed E-state index contributed by atoms with van der Waals surface area (Å²) >= 11 is 0. The molecule has 0 amide bonds. The highest BCUT2D eigenvalue weighted by Gasteiger charge is 2.24. The maximum absolute atomic E-state index is 2.56. The van der Waals surface area contributed by atoms with Crippen molar-refractivity contribution in [3.63, 3.8) is 0 Å². The van der Waals surface area contributed by atoms with E-state index in [1.54, 1.807) is 0 Å². The van der Waals surface area contributed by atoms with Crippen LogP contribution in [0.4, 0.5) is 0 Å². The highest BCUT2D eigenvalue weighted by atomic mass is 28.3. The molecule has 0 radical (unpaired) electrons. The van der Waals surface area contributed by atoms with Crippen LogP contribution in [0.15, 0.2) is 12.2 Å². The molecule has 1 heteroatoms. The maximum atomic E-state index is 2.56. The van der Waals surface area contributed by atoms with Gasteiger partial charge in [0.15, 0.2) is 0 Å². The van der Waals surface area contributed by atoms with Crippen LogP contribution in [0.2, 0.25) is 24.2 Å². The van der Waals surface area contributed by atoms with Gasteiger partial charge in [-0.05, 0) is 24.8 Å². The molecule has 94 valence electrons. The fourth-order valence-electron chi connectivity index (χ4n) is 3.02. The van der Waals surface area contributed by atoms with Crippen molar-refractivity contribution in [1.29, 1.82) is 0 Å². The minimum atomic E-state index is -0.889. The summed E-state index contributed by atoms with van der Waals surface area (Å²) in [5.74, 6) is 0.922. The maximum Gasteiger partial charge on any atom is 0.0565 e. The van der Waals surface area contributed by atoms with Crippen molar-refractivity contribution in [3.8, 4) is 0 Å². The minimum Gasteiger partial charge on any atom is -0.0909 e. The summed E-state index contributed by atoms with van der Waals surface area (Å²) < 4.78 is 0. The van der Waals surface area contributed by atoms with E-state index in [9.17, 15) is 0 Å². The van der Waals surface area contributed by atoms with Crippen LogP contribution in [0.3, 0.4) is 0 Å². The molecule has 0 saturated heterocycles. The fourth-order valence-corrected chi connectivity index (χ4v) is 6.02. The summed E-state index contributed by atoms with van der Waals surface area (Å²) in [6.07, 6.45) is 12.4. The molecule has 16 heavy (non-hydrogen) atoms. The molecular weight excluding hydrogens is 208 g/mol. The Balaban J connectivity index is 2.38. The first kappa shape index (κ1) is 14.0. The van der Waals surface area contributed by atoms with Gasteiger partial charge in [-0.1, -0.05) is 70.3 Å². The second-order valence-electron chi connectivity index (χ2n) is 5.59. The average molecular weight is 238 g/mol. The Morgan fingerprint density at radius 3 is 2.00 bits per heavy atom. The molecule has 0 aromatic heterocycles. The van der Waals surface area contributed by atoms with E-state index >= 15 is 0 Å². The van der Waals surface area contributed by atoms with Gasteiger partial charge in [-0.2, -0.15) is 0 Å². The predicted octanol–water partition coefficient (Wildman–Crippen LogP) is 5.63. The smallest absolute Gasteiger partial charge is 0.0565 e. The van der Waals surface area contributed by atoms with Gasteiger partial charge >= 0.3 is 0 Å². The SMILES string of the molecule is CC[Si](CC)(CC)C/C=C/C1CCCCC1. The van der Waals surface area contributed by atoms with Crippen molar-refractivity contribution in [3.05, 3.63) is 12.2 Å². The number of rotatable bonds is 6. The Morgan fingerprint density at radius 2 is 1.50 bits per heavy atom. The predicted molar refractivity (Wildman–Crippen MR) is 77.7 cm³/mol. The van der Waals surface area contributed by atoms with Gasteiger partial charge in [-0.25, -0.2) is 0 Å². The molecule has 0 N–H and O–H groups in total. The summed E-state index contributed by atoms with van der Waals surface area (Å²) in [5, 5.41) is 0. The summed E-state index contributed by atoms with van der Waals surface area (Å²) in [5.41, 5.74) is 0. The van der Waals surface area contributed by atoms with Crippen molar-refractivity contribution in [2.75, 3.05) is 0 Å². The average Bonchev–Trinajstić information content (AvgIpc) is 2.37. The lowest BCUT2D eigenvalue weighted by molar-refractivity contribution is 0.419. The van der Waals surface area contributed by atoms with Crippen LogP contribution in [0.1, 0.15) is 52.9 Å². The number of allylic oxidation sites excluding steroid dienone is 2. The van der Waals surface area contributed by atoms with Crippen molar-refractivity contribution < 1.29 is 0 Å². The zero-order chi connectivity index (χ0) is 11.9. The summed E-state index contributed by atoms with van der Waals surface area (Å²) in [6, 6.07) is 5.84. The zero-order valence-corrected chi connectivity index (χ0v) is 12.6. The standard InChI is InChI=1S/C15H30Si/c1-4-16(5-2,6-3)14-10-13-15-11-8-7-9-12-15/h10,13,15H,4-9,11-12,14H2,1-3H3/b13-10+. The van der Waals surface area contributed by atoms with Crippen molar-refractivity contribution in [2.45, 2.75) is 77.1 Å². The molecule has 1 fully saturated rings. The van der Waals surface area contributed by atoms with Gasteiger partial charge in [0.05, 0.1) is 8.07 Å². The number of hydrogen-bond donors (Lipinski definition) is 0. The minimum absolute atomic E-state index is 0.889. The first-order valence-electron chi connectivity index (χ1n) is 7.43. The van der Waals surface area contributed by atoms with Crippen LogP contribution < -0.4 is 0 Å². The van der Waals surface area contributed by atoms with E-state index in [0.29, 0.717) is 0 Å². The van der Waals surface area contributed by atoms with Gasteiger partial charge in [0, 0.05) is 0 Å². The van der Waals surface area contributed by atoms with Crippen LogP contribution in [-0.2, 0) is 0 Å². The Bertz CT molecular complexity index is 189. The second kappa shape index (κ2) is 7.32. The molecule has 0 aliphatic heterocycles. The molecular formula is C15H30Si. The van der Waals surface area contributed by atoms with Crippen LogP contribution in [0, 0.1) is 5.92 Å². The van der Waals surface area contributed by atoms with E-state index in [1.165, 1.54) is 56.3 Å². The number of hydrogen-bond acceptors (Lipinski definition) is 0. The van der Waals surface area contributed by atoms with Crippen LogP contribution >= 0.6 is 0 Å². The quantitative estimate of drug-likeness (QED) is 0.415. The molecule has 0 aromatic rings. The molecule has 0 nitrogen and oxygen atoms in total. The second-order valence-corrected chi connectivity index (χ2v) is 11.1. The molecule has 0 atom stereocenters. The van der Waals surface area contributed by atoms with Crippen molar-refractivity contribution in [1.82, 2.24) is 0 Å². The Kier molecular flexibility index (Phi) is 6.41. The third-order valence-corrected chi connectivity index (χ3v) is 10.5. The molecule has 0 heterocycles. The topological polar surface area (TPSA) is 0 Å². The van der Waals surface area contributed by atoms with Gasteiger partial charge in [-0.15, -0.1) is 0 Å². The Labute approximate surface area is 104 Å². The lowest BCUT2D eigenvalue weighted by Crippen LogP contribution is -2.30. The molecule has 0 aromatic carbocycles. The van der Waals surface area contributed by atoms with Crippen LogP contribution in [-0.4, -0.2) is 8.07 Å². The molecule has 0 unspecified atom stereocenters. The lowest BCUT2D eigenvalue weighted by Gasteiger charge is -2.27. The molecule has 1 rings (SSSR count). The largest absolute Gasteiger partial charge is 0.0909 e. The fraction of sp³-hybridized carbons (Fsp3) is 0.867. The Morgan fingerprint density at radius 1 is 0.938 bits per heavy atom. The highest BCUT2D eigenvalue weighted by molar-refractivity contribution is 6.80. The van der Waals surface area contributed by atoms with Gasteiger partial charge in [0.2, 0.25) is 0 Å². The van der Waals surface area contributed by atoms with E-state index in [4.69, 9.17) is 0 Å². The van der Waals surface area contributed by atoms with E-state index in [2.05, 4.69) is 32.9 Å². The van der Waals surface area contributed by atoms with Gasteiger partial charge < -0.3 is 0 Å². The van der Waals surface area contributed by atoms with E-state index in [1.807, 2.05) is 0 Å². The molecule has 0 spiro atoms. The monoisotopic (exact) mass is 238 g/mol. The van der Waals surface area contributed by atoms with E-state index in [-0.39, 0.29) is 0 Å². The summed E-state index contributed by atoms with van der Waals surface area (Å²) in [4.78, 5) is 0. The highest BCUT2D eigenvalue weighted by Crippen LogP contribution is 2.28. The first-order valence-corrected chi connectivity index (χ1v) is 10.3. The summed E-state index contributed by atoms with van der Waals surface area (Å²) in [6.45, 7) is 7.23. The van der Waals surface area contributed by atoms with Crippen LogP contribution in [0.5, 0.6) is 0 Å². The molecule has 0 bridgehead atoms. The van der Waals surface area contributed by atoms with Gasteiger partial charge in [-0.3, -0.25) is 0 Å². The first-order chi connectivity index (χ1) is 7.76. The Hall–Kier alpha value is -0.0431. The van der Waals surface area contributed by atoms with E-state index in [0.717, 1.165) is 5.92 Å². The molecule has 1 aliphatic rings. The van der Waals surface area contributed by atoms with Gasteiger partial charge in [0.1, 0.15) is 0 Å².